The number of esters is 2. The van der Waals surface area contributed by atoms with E-state index in [9.17, 15) is 9.59 Å². The molecule has 3 atom stereocenters. The van der Waals surface area contributed by atoms with Crippen LogP contribution in [0, 0.1) is 17.8 Å². The SMILES string of the molecule is CCC(=O)OC1(c2ccccc2)CCN(CC#CC2(OC(=O)CC)CC(C)N(C)CC2C)CC1. The fourth-order valence-corrected chi connectivity index (χ4v) is 5.03. The van der Waals surface area contributed by atoms with Crippen molar-refractivity contribution in [3.8, 4) is 11.8 Å². The van der Waals surface area contributed by atoms with Gasteiger partial charge in [0.05, 0.1) is 6.54 Å². The number of rotatable bonds is 6. The van der Waals surface area contributed by atoms with Gasteiger partial charge in [0.2, 0.25) is 0 Å². The van der Waals surface area contributed by atoms with Crippen molar-refractivity contribution in [2.24, 2.45) is 5.92 Å². The van der Waals surface area contributed by atoms with Crippen molar-refractivity contribution in [1.29, 1.82) is 0 Å². The molecule has 1 aromatic rings. The molecule has 3 rings (SSSR count). The van der Waals surface area contributed by atoms with Crippen LogP contribution in [-0.4, -0.2) is 66.6 Å². The number of carbonyl (C=O) groups is 2. The van der Waals surface area contributed by atoms with E-state index in [0.29, 0.717) is 31.8 Å². The van der Waals surface area contributed by atoms with Gasteiger partial charge in [-0.3, -0.25) is 14.5 Å². The minimum Gasteiger partial charge on any atom is -0.454 e. The third-order valence-corrected chi connectivity index (χ3v) is 7.46. The van der Waals surface area contributed by atoms with Crippen molar-refractivity contribution in [3.05, 3.63) is 35.9 Å². The summed E-state index contributed by atoms with van der Waals surface area (Å²) >= 11 is 0. The Balaban J connectivity index is 1.71. The van der Waals surface area contributed by atoms with E-state index in [2.05, 4.69) is 42.5 Å². The first-order chi connectivity index (χ1) is 16.2. The number of benzene rings is 1. The summed E-state index contributed by atoms with van der Waals surface area (Å²) in [6.07, 6.45) is 2.91. The molecular weight excluding hydrogens is 428 g/mol. The molecule has 0 radical (unpaired) electrons. The number of likely N-dealkylation sites (tertiary alicyclic amines) is 2. The maximum absolute atomic E-state index is 12.2. The molecule has 2 aliphatic heterocycles. The predicted octanol–water partition coefficient (Wildman–Crippen LogP) is 3.99. The first-order valence-electron chi connectivity index (χ1n) is 12.7. The van der Waals surface area contributed by atoms with Crippen LogP contribution in [-0.2, 0) is 24.7 Å². The van der Waals surface area contributed by atoms with E-state index in [4.69, 9.17) is 9.47 Å². The molecule has 186 valence electrons. The Labute approximate surface area is 205 Å². The van der Waals surface area contributed by atoms with Gasteiger partial charge < -0.3 is 14.4 Å². The zero-order valence-corrected chi connectivity index (χ0v) is 21.4. The van der Waals surface area contributed by atoms with E-state index in [1.807, 2.05) is 44.2 Å². The zero-order chi connectivity index (χ0) is 24.8. The van der Waals surface area contributed by atoms with Crippen LogP contribution in [0.3, 0.4) is 0 Å². The summed E-state index contributed by atoms with van der Waals surface area (Å²) in [4.78, 5) is 29.1. The van der Waals surface area contributed by atoms with Crippen LogP contribution in [0.4, 0.5) is 0 Å². The van der Waals surface area contributed by atoms with Gasteiger partial charge in [-0.25, -0.2) is 0 Å². The van der Waals surface area contributed by atoms with Crippen molar-refractivity contribution < 1.29 is 19.1 Å². The standard InChI is InChI=1S/C28H40N2O4/c1-6-25(31)33-27(24-12-9-8-10-13-24)15-18-30(19-16-27)17-11-14-28(34-26(32)7-2)20-23(4)29(5)21-22(28)3/h8-10,12-13,22-23H,6-7,15-21H2,1-5H3. The number of nitrogens with zero attached hydrogens (tertiary/aromatic N) is 2. The van der Waals surface area contributed by atoms with Crippen molar-refractivity contribution in [3.63, 3.8) is 0 Å². The Morgan fingerprint density at radius 1 is 1.03 bits per heavy atom. The summed E-state index contributed by atoms with van der Waals surface area (Å²) in [5, 5.41) is 0. The van der Waals surface area contributed by atoms with Gasteiger partial charge in [-0.1, -0.05) is 62.9 Å². The number of ether oxygens (including phenoxy) is 2. The molecule has 2 heterocycles. The highest BCUT2D eigenvalue weighted by Gasteiger charge is 2.45. The first kappa shape index (κ1) is 26.2. The molecule has 0 N–H and O–H groups in total. The predicted molar refractivity (Wildman–Crippen MR) is 133 cm³/mol. The Kier molecular flexibility index (Phi) is 8.78. The van der Waals surface area contributed by atoms with E-state index in [1.54, 1.807) is 0 Å². The molecule has 0 amide bonds. The summed E-state index contributed by atoms with van der Waals surface area (Å²) in [5.41, 5.74) is -0.255. The zero-order valence-electron chi connectivity index (χ0n) is 21.4. The van der Waals surface area contributed by atoms with E-state index >= 15 is 0 Å². The maximum atomic E-state index is 12.2. The third-order valence-electron chi connectivity index (χ3n) is 7.46. The lowest BCUT2D eigenvalue weighted by Crippen LogP contribution is -2.55. The molecule has 6 nitrogen and oxygen atoms in total. The van der Waals surface area contributed by atoms with Gasteiger partial charge in [0.1, 0.15) is 5.60 Å². The van der Waals surface area contributed by atoms with Gasteiger partial charge in [0.15, 0.2) is 5.60 Å². The second kappa shape index (κ2) is 11.4. The van der Waals surface area contributed by atoms with Crippen molar-refractivity contribution in [2.45, 2.75) is 77.0 Å². The molecule has 0 aromatic heterocycles. The number of hydrogen-bond donors (Lipinski definition) is 0. The molecular formula is C28H40N2O4. The van der Waals surface area contributed by atoms with Crippen molar-refractivity contribution in [1.82, 2.24) is 9.80 Å². The summed E-state index contributed by atoms with van der Waals surface area (Å²) in [6.45, 7) is 11.0. The largest absolute Gasteiger partial charge is 0.454 e. The first-order valence-corrected chi connectivity index (χ1v) is 12.7. The Morgan fingerprint density at radius 3 is 2.26 bits per heavy atom. The van der Waals surface area contributed by atoms with E-state index in [0.717, 1.165) is 38.0 Å². The topological polar surface area (TPSA) is 59.1 Å². The van der Waals surface area contributed by atoms with Crippen LogP contribution in [0.1, 0.15) is 65.4 Å². The Bertz CT molecular complexity index is 898. The average Bonchev–Trinajstić information content (AvgIpc) is 2.84. The second-order valence-electron chi connectivity index (χ2n) is 9.88. The fourth-order valence-electron chi connectivity index (χ4n) is 5.03. The van der Waals surface area contributed by atoms with Gasteiger partial charge >= 0.3 is 11.9 Å². The van der Waals surface area contributed by atoms with Crippen molar-refractivity contribution >= 4 is 11.9 Å². The quantitative estimate of drug-likeness (QED) is 0.465. The van der Waals surface area contributed by atoms with Gasteiger partial charge in [-0.15, -0.1) is 0 Å². The Hall–Kier alpha value is -2.36. The molecule has 6 heteroatoms. The molecule has 1 aromatic carbocycles. The van der Waals surface area contributed by atoms with Gasteiger partial charge in [-0.05, 0) is 19.5 Å². The second-order valence-corrected chi connectivity index (χ2v) is 9.88. The van der Waals surface area contributed by atoms with Crippen LogP contribution >= 0.6 is 0 Å². The molecule has 34 heavy (non-hydrogen) atoms. The van der Waals surface area contributed by atoms with Gasteiger partial charge in [0, 0.05) is 63.7 Å². The molecule has 0 aliphatic carbocycles. The van der Waals surface area contributed by atoms with Crippen LogP contribution in [0.25, 0.3) is 0 Å². The van der Waals surface area contributed by atoms with Crippen LogP contribution in [0.2, 0.25) is 0 Å². The average molecular weight is 469 g/mol. The highest BCUT2D eigenvalue weighted by molar-refractivity contribution is 5.70. The molecule has 0 saturated carbocycles. The molecule has 3 unspecified atom stereocenters. The number of carbonyl (C=O) groups excluding carboxylic acids is 2. The monoisotopic (exact) mass is 468 g/mol. The number of hydrogen-bond acceptors (Lipinski definition) is 6. The summed E-state index contributed by atoms with van der Waals surface area (Å²) in [5.74, 6) is 6.53. The fraction of sp³-hybridized carbons (Fsp3) is 0.643. The van der Waals surface area contributed by atoms with Gasteiger partial charge in [-0.2, -0.15) is 0 Å². The summed E-state index contributed by atoms with van der Waals surface area (Å²) < 4.78 is 12.0. The van der Waals surface area contributed by atoms with E-state index in [1.165, 1.54) is 0 Å². The lowest BCUT2D eigenvalue weighted by atomic mass is 9.79. The summed E-state index contributed by atoms with van der Waals surface area (Å²) in [6, 6.07) is 10.4. The summed E-state index contributed by atoms with van der Waals surface area (Å²) in [7, 11) is 2.11. The van der Waals surface area contributed by atoms with Gasteiger partial charge in [0.25, 0.3) is 0 Å². The minimum absolute atomic E-state index is 0.136. The van der Waals surface area contributed by atoms with Crippen LogP contribution < -0.4 is 0 Å². The molecule has 0 spiro atoms. The van der Waals surface area contributed by atoms with Crippen molar-refractivity contribution in [2.75, 3.05) is 33.2 Å². The normalized spacial score (nSPS) is 27.3. The highest BCUT2D eigenvalue weighted by Crippen LogP contribution is 2.37. The minimum atomic E-state index is -0.737. The molecule has 2 aliphatic rings. The third kappa shape index (κ3) is 6.00. The lowest BCUT2D eigenvalue weighted by Gasteiger charge is -2.45. The molecule has 2 saturated heterocycles. The number of piperidine rings is 2. The Morgan fingerprint density at radius 2 is 1.65 bits per heavy atom. The van der Waals surface area contributed by atoms with E-state index in [-0.39, 0.29) is 17.9 Å². The van der Waals surface area contributed by atoms with Crippen LogP contribution in [0.5, 0.6) is 0 Å². The van der Waals surface area contributed by atoms with Crippen LogP contribution in [0.15, 0.2) is 30.3 Å². The molecule has 0 bridgehead atoms. The van der Waals surface area contributed by atoms with E-state index < -0.39 is 11.2 Å². The highest BCUT2D eigenvalue weighted by atomic mass is 16.6. The molecule has 2 fully saturated rings. The maximum Gasteiger partial charge on any atom is 0.307 e. The lowest BCUT2D eigenvalue weighted by molar-refractivity contribution is -0.167. The smallest absolute Gasteiger partial charge is 0.307 e.